The van der Waals surface area contributed by atoms with Crippen LogP contribution >= 0.6 is 0 Å². The minimum absolute atomic E-state index is 0.0519. The van der Waals surface area contributed by atoms with Gasteiger partial charge in [-0.05, 0) is 32.3 Å². The molecule has 2 aliphatic rings. The van der Waals surface area contributed by atoms with Crippen LogP contribution in [0.25, 0.3) is 0 Å². The van der Waals surface area contributed by atoms with Crippen LogP contribution in [-0.2, 0) is 16.0 Å². The van der Waals surface area contributed by atoms with Crippen LogP contribution in [0.15, 0.2) is 18.2 Å². The van der Waals surface area contributed by atoms with Crippen molar-refractivity contribution in [2.24, 2.45) is 5.41 Å². The molecule has 0 saturated carbocycles. The Morgan fingerprint density at radius 2 is 2.00 bits per heavy atom. The largest absolute Gasteiger partial charge is 0.493 e. The van der Waals surface area contributed by atoms with Gasteiger partial charge in [0, 0.05) is 43.6 Å². The Bertz CT molecular complexity index is 705. The molecule has 148 valence electrons. The Hall–Kier alpha value is -2.24. The molecule has 6 heteroatoms. The zero-order valence-corrected chi connectivity index (χ0v) is 16.6. The van der Waals surface area contributed by atoms with E-state index in [4.69, 9.17) is 9.47 Å². The van der Waals surface area contributed by atoms with Crippen molar-refractivity contribution in [1.29, 1.82) is 0 Å². The summed E-state index contributed by atoms with van der Waals surface area (Å²) in [6.07, 6.45) is 3.86. The highest BCUT2D eigenvalue weighted by molar-refractivity contribution is 5.80. The lowest BCUT2D eigenvalue weighted by Crippen LogP contribution is -2.55. The minimum atomic E-state index is 0.0519. The van der Waals surface area contributed by atoms with E-state index in [0.29, 0.717) is 24.3 Å². The van der Waals surface area contributed by atoms with E-state index >= 15 is 0 Å². The fraction of sp³-hybridized carbons (Fsp3) is 0.619. The number of hydrogen-bond donors (Lipinski definition) is 0. The highest BCUT2D eigenvalue weighted by Gasteiger charge is 2.42. The van der Waals surface area contributed by atoms with Gasteiger partial charge in [-0.2, -0.15) is 0 Å². The Labute approximate surface area is 161 Å². The smallest absolute Gasteiger partial charge is 0.227 e. The van der Waals surface area contributed by atoms with E-state index in [9.17, 15) is 9.59 Å². The van der Waals surface area contributed by atoms with Crippen LogP contribution in [0.1, 0.15) is 38.2 Å². The minimum Gasteiger partial charge on any atom is -0.493 e. The van der Waals surface area contributed by atoms with Crippen LogP contribution in [0.4, 0.5) is 0 Å². The van der Waals surface area contributed by atoms with E-state index in [1.807, 2.05) is 34.9 Å². The van der Waals surface area contributed by atoms with E-state index in [2.05, 4.69) is 0 Å². The summed E-state index contributed by atoms with van der Waals surface area (Å²) >= 11 is 0. The maximum atomic E-state index is 13.0. The van der Waals surface area contributed by atoms with Crippen LogP contribution in [0, 0.1) is 5.41 Å². The summed E-state index contributed by atoms with van der Waals surface area (Å²) < 4.78 is 10.8. The average Bonchev–Trinajstić information content (AvgIpc) is 2.69. The van der Waals surface area contributed by atoms with Crippen molar-refractivity contribution >= 4 is 11.8 Å². The van der Waals surface area contributed by atoms with Gasteiger partial charge in [0.15, 0.2) is 11.5 Å². The summed E-state index contributed by atoms with van der Waals surface area (Å²) in [5, 5.41) is 0. The average molecular weight is 374 g/mol. The second-order valence-electron chi connectivity index (χ2n) is 7.66. The van der Waals surface area contributed by atoms with Crippen LogP contribution in [0.2, 0.25) is 0 Å². The Morgan fingerprint density at radius 3 is 2.70 bits per heavy atom. The number of methoxy groups -OCH3 is 2. The monoisotopic (exact) mass is 374 g/mol. The Kier molecular flexibility index (Phi) is 5.92. The van der Waals surface area contributed by atoms with E-state index in [1.165, 1.54) is 0 Å². The predicted molar refractivity (Wildman–Crippen MR) is 103 cm³/mol. The molecule has 1 spiro atoms. The van der Waals surface area contributed by atoms with Gasteiger partial charge in [0.25, 0.3) is 0 Å². The van der Waals surface area contributed by atoms with Crippen LogP contribution in [-0.4, -0.2) is 62.0 Å². The zero-order valence-electron chi connectivity index (χ0n) is 16.6. The summed E-state index contributed by atoms with van der Waals surface area (Å²) in [7, 11) is 3.20. The van der Waals surface area contributed by atoms with Crippen molar-refractivity contribution < 1.29 is 19.1 Å². The summed E-state index contributed by atoms with van der Waals surface area (Å²) in [6.45, 7) is 5.07. The van der Waals surface area contributed by atoms with Gasteiger partial charge >= 0.3 is 0 Å². The normalized spacial score (nSPS) is 22.9. The summed E-state index contributed by atoms with van der Waals surface area (Å²) in [5.41, 5.74) is 0.895. The van der Waals surface area contributed by atoms with E-state index in [-0.39, 0.29) is 17.2 Å². The topological polar surface area (TPSA) is 59.1 Å². The molecule has 0 aliphatic carbocycles. The zero-order chi connectivity index (χ0) is 19.4. The fourth-order valence-corrected chi connectivity index (χ4v) is 4.51. The molecule has 3 rings (SSSR count). The lowest BCUT2D eigenvalue weighted by molar-refractivity contribution is -0.142. The Balaban J connectivity index is 1.72. The molecule has 1 atom stereocenters. The third-order valence-electron chi connectivity index (χ3n) is 5.97. The molecule has 2 heterocycles. The summed E-state index contributed by atoms with van der Waals surface area (Å²) in [5.74, 6) is 1.62. The molecule has 0 bridgehead atoms. The molecule has 0 aromatic heterocycles. The first kappa shape index (κ1) is 19.5. The van der Waals surface area contributed by atoms with Gasteiger partial charge in [-0.1, -0.05) is 12.1 Å². The van der Waals surface area contributed by atoms with Crippen LogP contribution < -0.4 is 9.47 Å². The molecular formula is C21H30N2O4. The summed E-state index contributed by atoms with van der Waals surface area (Å²) in [6, 6.07) is 5.63. The highest BCUT2D eigenvalue weighted by Crippen LogP contribution is 2.39. The van der Waals surface area contributed by atoms with Crippen LogP contribution in [0.5, 0.6) is 11.5 Å². The molecule has 6 nitrogen and oxygen atoms in total. The standard InChI is InChI=1S/C21H30N2O4/c1-4-22-14-21(11-9-18(22)24)10-6-12-23(15-21)19(25)13-16-7-5-8-17(26-2)20(16)27-3/h5,7-8H,4,6,9-15H2,1-3H3/t21-/m0/s1. The number of likely N-dealkylation sites (tertiary alicyclic amines) is 2. The third kappa shape index (κ3) is 4.04. The second kappa shape index (κ2) is 8.19. The molecule has 27 heavy (non-hydrogen) atoms. The van der Waals surface area contributed by atoms with Gasteiger partial charge in [0.1, 0.15) is 0 Å². The lowest BCUT2D eigenvalue weighted by atomic mass is 9.73. The lowest BCUT2D eigenvalue weighted by Gasteiger charge is -2.48. The van der Waals surface area contributed by atoms with E-state index in [0.717, 1.165) is 51.0 Å². The molecule has 0 N–H and O–H groups in total. The van der Waals surface area contributed by atoms with Gasteiger partial charge in [-0.25, -0.2) is 0 Å². The molecule has 0 radical (unpaired) electrons. The van der Waals surface area contributed by atoms with Crippen LogP contribution in [0.3, 0.4) is 0 Å². The quantitative estimate of drug-likeness (QED) is 0.795. The first-order valence-corrected chi connectivity index (χ1v) is 9.77. The number of amides is 2. The maximum Gasteiger partial charge on any atom is 0.227 e. The molecular weight excluding hydrogens is 344 g/mol. The van der Waals surface area contributed by atoms with E-state index < -0.39 is 0 Å². The van der Waals surface area contributed by atoms with Gasteiger partial charge in [-0.15, -0.1) is 0 Å². The first-order chi connectivity index (χ1) is 13.0. The Morgan fingerprint density at radius 1 is 1.19 bits per heavy atom. The van der Waals surface area contributed by atoms with Gasteiger partial charge in [0.2, 0.25) is 11.8 Å². The molecule has 1 aromatic rings. The van der Waals surface area contributed by atoms with Crippen molar-refractivity contribution in [2.75, 3.05) is 40.4 Å². The molecule has 2 saturated heterocycles. The third-order valence-corrected chi connectivity index (χ3v) is 5.97. The molecule has 2 aliphatic heterocycles. The van der Waals surface area contributed by atoms with Gasteiger partial charge < -0.3 is 19.3 Å². The van der Waals surface area contributed by atoms with E-state index in [1.54, 1.807) is 14.2 Å². The van der Waals surface area contributed by atoms with Gasteiger partial charge in [0.05, 0.1) is 20.6 Å². The number of carbonyl (C=O) groups is 2. The highest BCUT2D eigenvalue weighted by atomic mass is 16.5. The fourth-order valence-electron chi connectivity index (χ4n) is 4.51. The maximum absolute atomic E-state index is 13.0. The first-order valence-electron chi connectivity index (χ1n) is 9.77. The number of piperidine rings is 2. The van der Waals surface area contributed by atoms with Crippen molar-refractivity contribution in [2.45, 2.75) is 39.0 Å². The number of carbonyl (C=O) groups excluding carboxylic acids is 2. The van der Waals surface area contributed by atoms with Crippen molar-refractivity contribution in [3.63, 3.8) is 0 Å². The molecule has 0 unspecified atom stereocenters. The van der Waals surface area contributed by atoms with Crippen molar-refractivity contribution in [3.05, 3.63) is 23.8 Å². The predicted octanol–water partition coefficient (Wildman–Crippen LogP) is 2.50. The number of nitrogens with zero attached hydrogens (tertiary/aromatic N) is 2. The van der Waals surface area contributed by atoms with Gasteiger partial charge in [-0.3, -0.25) is 9.59 Å². The van der Waals surface area contributed by atoms with Crippen molar-refractivity contribution in [1.82, 2.24) is 9.80 Å². The number of hydrogen-bond acceptors (Lipinski definition) is 4. The summed E-state index contributed by atoms with van der Waals surface area (Å²) in [4.78, 5) is 29.0. The SMILES string of the molecule is CCN1C[C@]2(CCCN(C(=O)Cc3cccc(OC)c3OC)C2)CCC1=O. The number of rotatable bonds is 5. The molecule has 2 fully saturated rings. The number of benzene rings is 1. The number of para-hydroxylation sites is 1. The molecule has 1 aromatic carbocycles. The van der Waals surface area contributed by atoms with Crippen molar-refractivity contribution in [3.8, 4) is 11.5 Å². The molecule has 2 amide bonds. The second-order valence-corrected chi connectivity index (χ2v) is 7.66. The number of ether oxygens (including phenoxy) is 2.